The van der Waals surface area contributed by atoms with E-state index in [9.17, 15) is 37.5 Å². The van der Waals surface area contributed by atoms with Gasteiger partial charge in [0.1, 0.15) is 28.6 Å². The lowest BCUT2D eigenvalue weighted by atomic mass is 9.89. The van der Waals surface area contributed by atoms with Crippen molar-refractivity contribution in [3.8, 4) is 0 Å². The second kappa shape index (κ2) is 11.9. The largest absolute Gasteiger partial charge is 0.481 e. The fraction of sp³-hybridized carbons (Fsp3) is 0.550. The van der Waals surface area contributed by atoms with Crippen molar-refractivity contribution in [1.29, 1.82) is 0 Å². The molecule has 3 fully saturated rings. The molecule has 5 rings (SSSR count). The number of amides is 3. The second-order valence-electron chi connectivity index (χ2n) is 9.27. The molecular formula is C20H20F3N9O6S4. The monoisotopic (exact) mass is 667 g/mol. The average Bonchev–Trinajstić information content (AvgIpc) is 3.54. The Kier molecular flexibility index (Phi) is 8.58. The number of halogens is 3. The number of aryl methyl sites for hydroxylation is 1. The molecule has 2 aromatic rings. The number of aromatic nitrogens is 5. The smallest absolute Gasteiger partial charge is 0.471 e. The Labute approximate surface area is 250 Å². The van der Waals surface area contributed by atoms with Crippen molar-refractivity contribution in [3.63, 3.8) is 0 Å². The molecule has 0 bridgehead atoms. The number of nitrogens with zero attached hydrogens (tertiary/aromatic N) is 7. The van der Waals surface area contributed by atoms with Crippen LogP contribution in [0.1, 0.15) is 5.69 Å². The molecule has 3 atom stereocenters. The van der Waals surface area contributed by atoms with Crippen molar-refractivity contribution in [3.05, 3.63) is 11.1 Å². The first-order valence-electron chi connectivity index (χ1n) is 11.8. The molecule has 2 aromatic heterocycles. The number of alkyl halides is 3. The van der Waals surface area contributed by atoms with Gasteiger partial charge in [0.05, 0.1) is 0 Å². The summed E-state index contributed by atoms with van der Waals surface area (Å²) in [7, 11) is 1.62. The number of oxime groups is 1. The number of thioether (sulfide) groups is 3. The summed E-state index contributed by atoms with van der Waals surface area (Å²) in [5.74, 6) is -3.23. The lowest BCUT2D eigenvalue weighted by Crippen LogP contribution is -2.74. The molecule has 0 saturated carbocycles. The molecule has 3 N–H and O–H groups in total. The predicted molar refractivity (Wildman–Crippen MR) is 145 cm³/mol. The summed E-state index contributed by atoms with van der Waals surface area (Å²) in [5, 5.41) is 29.8. The van der Waals surface area contributed by atoms with E-state index in [1.54, 1.807) is 24.1 Å². The van der Waals surface area contributed by atoms with E-state index in [2.05, 4.69) is 31.0 Å². The summed E-state index contributed by atoms with van der Waals surface area (Å²) in [6.45, 7) is -0.0960. The highest BCUT2D eigenvalue weighted by molar-refractivity contribution is 8.01. The van der Waals surface area contributed by atoms with Gasteiger partial charge in [-0.05, 0) is 10.4 Å². The lowest BCUT2D eigenvalue weighted by Gasteiger charge is -2.53. The quantitative estimate of drug-likeness (QED) is 0.135. The first-order chi connectivity index (χ1) is 19.9. The Morgan fingerprint density at radius 2 is 2.10 bits per heavy atom. The molecule has 2 unspecified atom stereocenters. The van der Waals surface area contributed by atoms with Crippen molar-refractivity contribution in [2.45, 2.75) is 28.9 Å². The van der Waals surface area contributed by atoms with Gasteiger partial charge in [-0.1, -0.05) is 16.9 Å². The number of anilines is 1. The number of carboxylic acids is 1. The van der Waals surface area contributed by atoms with E-state index in [1.807, 2.05) is 0 Å². The van der Waals surface area contributed by atoms with Gasteiger partial charge < -0.3 is 20.2 Å². The number of aliphatic carboxylic acids is 1. The van der Waals surface area contributed by atoms with Crippen LogP contribution < -0.4 is 10.6 Å². The first-order valence-corrected chi connectivity index (χ1v) is 15.9. The maximum Gasteiger partial charge on any atom is 0.471 e. The summed E-state index contributed by atoms with van der Waals surface area (Å²) in [4.78, 5) is 60.5. The average molecular weight is 668 g/mol. The Morgan fingerprint density at radius 3 is 2.71 bits per heavy atom. The maximum atomic E-state index is 13.2. The Hall–Kier alpha value is -3.11. The van der Waals surface area contributed by atoms with E-state index in [1.165, 1.54) is 26.7 Å². The zero-order valence-corrected chi connectivity index (χ0v) is 24.5. The number of carboxylic acid groups (broad SMARTS) is 1. The molecule has 226 valence electrons. The van der Waals surface area contributed by atoms with Crippen molar-refractivity contribution >= 4 is 81.2 Å². The molecule has 15 nitrogen and oxygen atoms in total. The van der Waals surface area contributed by atoms with Crippen LogP contribution in [0, 0.1) is 5.41 Å². The molecule has 5 heterocycles. The van der Waals surface area contributed by atoms with E-state index >= 15 is 0 Å². The molecule has 0 aliphatic carbocycles. The van der Waals surface area contributed by atoms with Gasteiger partial charge >= 0.3 is 18.1 Å². The van der Waals surface area contributed by atoms with Gasteiger partial charge in [-0.3, -0.25) is 24.5 Å². The third-order valence-corrected chi connectivity index (χ3v) is 11.1. The van der Waals surface area contributed by atoms with Crippen molar-refractivity contribution in [1.82, 2.24) is 35.4 Å². The number of β-lactam (4-membered cyclic amide) rings is 1. The predicted octanol–water partition coefficient (Wildman–Crippen LogP) is 0.267. The fourth-order valence-electron chi connectivity index (χ4n) is 3.88. The van der Waals surface area contributed by atoms with Crippen LogP contribution >= 0.6 is 46.6 Å². The van der Waals surface area contributed by atoms with E-state index in [4.69, 9.17) is 4.84 Å². The molecule has 0 spiro atoms. The number of hydrogen-bond donors (Lipinski definition) is 3. The number of fused-ring (bicyclic) bond motifs is 1. The highest BCUT2D eigenvalue weighted by Crippen LogP contribution is 2.44. The van der Waals surface area contributed by atoms with Gasteiger partial charge in [0.25, 0.3) is 5.91 Å². The van der Waals surface area contributed by atoms with E-state index < -0.39 is 57.5 Å². The minimum absolute atomic E-state index is 0.0960. The number of nitrogens with one attached hydrogen (secondary N) is 2. The van der Waals surface area contributed by atoms with Crippen LogP contribution in [0.15, 0.2) is 15.7 Å². The third-order valence-electron chi connectivity index (χ3n) is 6.28. The topological polar surface area (TPSA) is 194 Å². The van der Waals surface area contributed by atoms with Gasteiger partial charge in [-0.2, -0.15) is 24.9 Å². The first kappa shape index (κ1) is 30.4. The number of rotatable bonds is 10. The van der Waals surface area contributed by atoms with Crippen molar-refractivity contribution in [2.75, 3.05) is 34.9 Å². The Balaban J connectivity index is 1.26. The number of carbonyl (C=O) groups excluding carboxylic acids is 3. The molecule has 22 heteroatoms. The Bertz CT molecular complexity index is 1430. The maximum absolute atomic E-state index is 13.2. The highest BCUT2D eigenvalue weighted by Gasteiger charge is 2.57. The minimum Gasteiger partial charge on any atom is -0.481 e. The zero-order chi connectivity index (χ0) is 30.2. The van der Waals surface area contributed by atoms with E-state index in [0.29, 0.717) is 28.0 Å². The second-order valence-corrected chi connectivity index (χ2v) is 13.3. The molecule has 3 aliphatic heterocycles. The zero-order valence-electron chi connectivity index (χ0n) is 21.2. The SMILES string of the molecule is Cn1nnnc1SCC1(C(=O)O)CS[C@@H]2C(NC(=O)C(=NOC3CSC3)c3csc(NC(=O)C(F)(F)F)n3)C(=O)N2C1. The fourth-order valence-corrected chi connectivity index (χ4v) is 7.83. The summed E-state index contributed by atoms with van der Waals surface area (Å²) >= 11 is 4.57. The van der Waals surface area contributed by atoms with Gasteiger partial charge in [0.15, 0.2) is 10.8 Å². The molecule has 0 aromatic carbocycles. The lowest BCUT2D eigenvalue weighted by molar-refractivity contribution is -0.167. The minimum atomic E-state index is -5.14. The Morgan fingerprint density at radius 1 is 1.33 bits per heavy atom. The van der Waals surface area contributed by atoms with Crippen LogP contribution in [0.3, 0.4) is 0 Å². The standard InChI is InChI=1S/C20H20F3N9O6S4/c1-31-18(27-29-30-31)42-7-19(16(36)37)5-32-13(34)11(14(32)41-6-19)25-12(33)10(28-38-8-2-39-3-8)9-4-40-17(24-9)26-15(35)20(21,22)23/h4,8,11,14H,2-3,5-7H2,1H3,(H,25,33)(H,36,37)(H,24,26,35)/t11?,14-,19?/m1/s1. The van der Waals surface area contributed by atoms with Crippen LogP contribution in [0.4, 0.5) is 18.3 Å². The van der Waals surface area contributed by atoms with Gasteiger partial charge in [0.2, 0.25) is 11.1 Å². The summed E-state index contributed by atoms with van der Waals surface area (Å²) < 4.78 is 39.3. The normalized spacial score (nSPS) is 24.3. The third kappa shape index (κ3) is 6.15. The summed E-state index contributed by atoms with van der Waals surface area (Å²) in [6.07, 6.45) is -5.42. The number of tetrazole rings is 1. The molecule has 3 aliphatic rings. The molecule has 0 radical (unpaired) electrons. The van der Waals surface area contributed by atoms with Crippen molar-refractivity contribution < 1.29 is 42.3 Å². The number of hydrogen-bond acceptors (Lipinski definition) is 14. The number of thiazole rings is 1. The van der Waals surface area contributed by atoms with E-state index in [0.717, 1.165) is 11.8 Å². The molecule has 42 heavy (non-hydrogen) atoms. The van der Waals surface area contributed by atoms with Crippen LogP contribution in [-0.4, -0.2) is 118 Å². The van der Waals surface area contributed by atoms with Gasteiger partial charge in [-0.15, -0.1) is 28.2 Å². The molecule has 3 amide bonds. The van der Waals surface area contributed by atoms with Crippen molar-refractivity contribution in [2.24, 2.45) is 17.6 Å². The van der Waals surface area contributed by atoms with E-state index in [-0.39, 0.29) is 29.8 Å². The summed E-state index contributed by atoms with van der Waals surface area (Å²) in [5.41, 5.74) is -1.85. The summed E-state index contributed by atoms with van der Waals surface area (Å²) in [6, 6.07) is -1.02. The van der Waals surface area contributed by atoms with Crippen LogP contribution in [0.25, 0.3) is 0 Å². The molecular weight excluding hydrogens is 648 g/mol. The van der Waals surface area contributed by atoms with Gasteiger partial charge in [0, 0.05) is 42.0 Å². The number of carbonyl (C=O) groups is 4. The van der Waals surface area contributed by atoms with Crippen LogP contribution in [-0.2, 0) is 31.1 Å². The van der Waals surface area contributed by atoms with Crippen LogP contribution in [0.5, 0.6) is 0 Å². The molecule has 3 saturated heterocycles. The highest BCUT2D eigenvalue weighted by atomic mass is 32.2. The van der Waals surface area contributed by atoms with Gasteiger partial charge in [-0.25, -0.2) is 9.67 Å². The van der Waals surface area contributed by atoms with Crippen LogP contribution in [0.2, 0.25) is 0 Å².